The molecule has 1 N–H and O–H groups in total. The smallest absolute Gasteiger partial charge is 0.251 e. The van der Waals surface area contributed by atoms with Crippen molar-refractivity contribution in [3.63, 3.8) is 0 Å². The molecular weight excluding hydrogens is 343 g/mol. The molecule has 3 saturated heterocycles. The van der Waals surface area contributed by atoms with Crippen LogP contribution >= 0.6 is 35.6 Å². The molecule has 6 heteroatoms. The van der Waals surface area contributed by atoms with Crippen molar-refractivity contribution in [3.8, 4) is 0 Å². The van der Waals surface area contributed by atoms with Gasteiger partial charge in [0.05, 0.1) is 10.0 Å². The van der Waals surface area contributed by atoms with Gasteiger partial charge in [0.25, 0.3) is 5.91 Å². The minimum absolute atomic E-state index is 0. The van der Waals surface area contributed by atoms with Crippen molar-refractivity contribution < 1.29 is 4.79 Å². The molecule has 1 aromatic carbocycles. The van der Waals surface area contributed by atoms with Gasteiger partial charge in [0.2, 0.25) is 0 Å². The van der Waals surface area contributed by atoms with Gasteiger partial charge in [-0.3, -0.25) is 4.79 Å². The van der Waals surface area contributed by atoms with E-state index in [0.29, 0.717) is 33.5 Å². The lowest BCUT2D eigenvalue weighted by Crippen LogP contribution is -2.64. The molecule has 1 aromatic rings. The van der Waals surface area contributed by atoms with Crippen LogP contribution in [0.3, 0.4) is 0 Å². The normalized spacial score (nSPS) is 35.1. The summed E-state index contributed by atoms with van der Waals surface area (Å²) in [6.45, 7) is 3.54. The van der Waals surface area contributed by atoms with E-state index in [1.54, 1.807) is 18.2 Å². The third kappa shape index (κ3) is 2.84. The standard InChI is InChI=1S/C16H18Cl2N2O.ClH/c17-13-2-1-10(5-14(13)18)16(21)19-15-11-3-9-4-12(15)8-20(6-9)7-11;/h1-2,5,9,11-12,15H,3-4,6-8H2,(H,19,21);1H. The summed E-state index contributed by atoms with van der Waals surface area (Å²) in [6, 6.07) is 5.39. The third-order valence-corrected chi connectivity index (χ3v) is 6.01. The van der Waals surface area contributed by atoms with Crippen molar-refractivity contribution in [3.05, 3.63) is 33.8 Å². The summed E-state index contributed by atoms with van der Waals surface area (Å²) < 4.78 is 0. The van der Waals surface area contributed by atoms with Crippen LogP contribution in [0.15, 0.2) is 18.2 Å². The number of carbonyl (C=O) groups excluding carboxylic acids is 1. The number of amides is 1. The Morgan fingerprint density at radius 2 is 1.77 bits per heavy atom. The van der Waals surface area contributed by atoms with Gasteiger partial charge in [0.15, 0.2) is 0 Å². The predicted octanol–water partition coefficient (Wildman–Crippen LogP) is 3.49. The Kier molecular flexibility index (Phi) is 4.61. The van der Waals surface area contributed by atoms with Gasteiger partial charge in [-0.25, -0.2) is 0 Å². The van der Waals surface area contributed by atoms with Crippen LogP contribution in [0.2, 0.25) is 10.0 Å². The molecule has 3 heterocycles. The zero-order valence-corrected chi connectivity index (χ0v) is 14.4. The zero-order valence-electron chi connectivity index (χ0n) is 12.1. The van der Waals surface area contributed by atoms with Gasteiger partial charge in [0.1, 0.15) is 0 Å². The summed E-state index contributed by atoms with van der Waals surface area (Å²) in [6.07, 6.45) is 2.53. The highest BCUT2D eigenvalue weighted by atomic mass is 35.5. The van der Waals surface area contributed by atoms with Gasteiger partial charge in [-0.1, -0.05) is 23.2 Å². The molecule has 4 bridgehead atoms. The average Bonchev–Trinajstić information content (AvgIpc) is 2.45. The van der Waals surface area contributed by atoms with E-state index < -0.39 is 0 Å². The second kappa shape index (κ2) is 6.20. The molecule has 1 amide bonds. The first-order valence-corrected chi connectivity index (χ1v) is 8.34. The van der Waals surface area contributed by atoms with E-state index in [1.165, 1.54) is 19.4 Å². The first-order chi connectivity index (χ1) is 10.1. The van der Waals surface area contributed by atoms with Gasteiger partial charge in [0, 0.05) is 31.2 Å². The number of nitrogens with zero attached hydrogens (tertiary/aromatic N) is 1. The molecule has 3 nitrogen and oxygen atoms in total. The Morgan fingerprint density at radius 3 is 2.36 bits per heavy atom. The molecule has 1 saturated carbocycles. The van der Waals surface area contributed by atoms with E-state index in [0.717, 1.165) is 19.0 Å². The average molecular weight is 362 g/mol. The van der Waals surface area contributed by atoms with E-state index >= 15 is 0 Å². The fraction of sp³-hybridized carbons (Fsp3) is 0.562. The molecule has 0 radical (unpaired) electrons. The number of piperidine rings is 3. The zero-order chi connectivity index (χ0) is 14.6. The molecular formula is C16H19Cl3N2O. The number of carbonyl (C=O) groups is 1. The summed E-state index contributed by atoms with van der Waals surface area (Å²) in [7, 11) is 0. The Bertz CT molecular complexity index is 565. The maximum Gasteiger partial charge on any atom is 0.251 e. The lowest BCUT2D eigenvalue weighted by Gasteiger charge is -2.55. The molecule has 22 heavy (non-hydrogen) atoms. The van der Waals surface area contributed by atoms with E-state index in [4.69, 9.17) is 23.2 Å². The van der Waals surface area contributed by atoms with Crippen molar-refractivity contribution in [2.45, 2.75) is 18.9 Å². The fourth-order valence-corrected chi connectivity index (χ4v) is 4.81. The molecule has 4 aliphatic rings. The highest BCUT2D eigenvalue weighted by molar-refractivity contribution is 6.42. The molecule has 2 atom stereocenters. The monoisotopic (exact) mass is 360 g/mol. The van der Waals surface area contributed by atoms with Gasteiger partial charge in [-0.15, -0.1) is 12.4 Å². The van der Waals surface area contributed by atoms with Crippen molar-refractivity contribution >= 4 is 41.5 Å². The van der Waals surface area contributed by atoms with Crippen LogP contribution in [0.1, 0.15) is 23.2 Å². The minimum Gasteiger partial charge on any atom is -0.349 e. The number of benzene rings is 1. The van der Waals surface area contributed by atoms with Crippen molar-refractivity contribution in [2.75, 3.05) is 19.6 Å². The molecule has 0 aromatic heterocycles. The van der Waals surface area contributed by atoms with Crippen LogP contribution < -0.4 is 5.32 Å². The van der Waals surface area contributed by atoms with Crippen molar-refractivity contribution in [2.24, 2.45) is 17.8 Å². The van der Waals surface area contributed by atoms with Gasteiger partial charge in [-0.2, -0.15) is 0 Å². The molecule has 120 valence electrons. The largest absolute Gasteiger partial charge is 0.349 e. The van der Waals surface area contributed by atoms with E-state index in [2.05, 4.69) is 10.2 Å². The molecule has 2 unspecified atom stereocenters. The Hall–Kier alpha value is -0.480. The number of halogens is 3. The first-order valence-electron chi connectivity index (χ1n) is 7.58. The SMILES string of the molecule is Cl.O=C(NC1C2CC3CC1CN(C3)C2)c1ccc(Cl)c(Cl)c1. The van der Waals surface area contributed by atoms with Crippen LogP contribution in [-0.4, -0.2) is 36.5 Å². The highest BCUT2D eigenvalue weighted by Gasteiger charge is 2.47. The summed E-state index contributed by atoms with van der Waals surface area (Å²) in [5.74, 6) is 2.05. The topological polar surface area (TPSA) is 32.3 Å². The van der Waals surface area contributed by atoms with Crippen LogP contribution in [0.25, 0.3) is 0 Å². The van der Waals surface area contributed by atoms with Gasteiger partial charge in [-0.05, 0) is 48.8 Å². The predicted molar refractivity (Wildman–Crippen MR) is 91.1 cm³/mol. The van der Waals surface area contributed by atoms with Crippen molar-refractivity contribution in [1.29, 1.82) is 0 Å². The number of hydrogen-bond donors (Lipinski definition) is 1. The van der Waals surface area contributed by atoms with E-state index in [-0.39, 0.29) is 18.3 Å². The Labute approximate surface area is 146 Å². The summed E-state index contributed by atoms with van der Waals surface area (Å²) in [5, 5.41) is 4.17. The van der Waals surface area contributed by atoms with Gasteiger partial charge < -0.3 is 10.2 Å². The second-order valence-corrected chi connectivity index (χ2v) is 7.52. The minimum atomic E-state index is -0.0268. The highest BCUT2D eigenvalue weighted by Crippen LogP contribution is 2.43. The van der Waals surface area contributed by atoms with E-state index in [1.807, 2.05) is 0 Å². The van der Waals surface area contributed by atoms with Crippen LogP contribution in [0.4, 0.5) is 0 Å². The number of hydrogen-bond acceptors (Lipinski definition) is 2. The lowest BCUT2D eigenvalue weighted by molar-refractivity contribution is -0.0418. The van der Waals surface area contributed by atoms with Gasteiger partial charge >= 0.3 is 0 Å². The fourth-order valence-electron chi connectivity index (χ4n) is 4.52. The summed E-state index contributed by atoms with van der Waals surface area (Å²) >= 11 is 11.9. The maximum absolute atomic E-state index is 12.5. The van der Waals surface area contributed by atoms with Crippen LogP contribution in [0, 0.1) is 17.8 Å². The Balaban J connectivity index is 0.00000144. The van der Waals surface area contributed by atoms with Crippen LogP contribution in [-0.2, 0) is 0 Å². The Morgan fingerprint density at radius 1 is 1.09 bits per heavy atom. The van der Waals surface area contributed by atoms with Crippen LogP contribution in [0.5, 0.6) is 0 Å². The number of rotatable bonds is 2. The summed E-state index contributed by atoms with van der Waals surface area (Å²) in [5.41, 5.74) is 0.596. The molecule has 1 aliphatic carbocycles. The second-order valence-electron chi connectivity index (χ2n) is 6.70. The van der Waals surface area contributed by atoms with Crippen molar-refractivity contribution in [1.82, 2.24) is 10.2 Å². The first kappa shape index (κ1) is 16.4. The lowest BCUT2D eigenvalue weighted by atomic mass is 9.65. The number of nitrogens with one attached hydrogen (secondary N) is 1. The quantitative estimate of drug-likeness (QED) is 0.874. The molecule has 0 spiro atoms. The molecule has 3 aliphatic heterocycles. The van der Waals surface area contributed by atoms with E-state index in [9.17, 15) is 4.79 Å². The molecule has 4 fully saturated rings. The third-order valence-electron chi connectivity index (χ3n) is 5.27. The summed E-state index contributed by atoms with van der Waals surface area (Å²) in [4.78, 5) is 15.0. The molecule has 5 rings (SSSR count). The maximum atomic E-state index is 12.5.